The molecule has 0 spiro atoms. The lowest BCUT2D eigenvalue weighted by Crippen LogP contribution is -2.46. The van der Waals surface area contributed by atoms with Crippen molar-refractivity contribution in [2.75, 3.05) is 6.61 Å². The average molecular weight is 389 g/mol. The number of ether oxygens (including phenoxy) is 1. The van der Waals surface area contributed by atoms with E-state index in [9.17, 15) is 19.5 Å². The van der Waals surface area contributed by atoms with Crippen molar-refractivity contribution < 1.29 is 23.8 Å². The number of carboxylic acids is 1. The van der Waals surface area contributed by atoms with Crippen LogP contribution in [0, 0.1) is 12.8 Å². The minimum atomic E-state index is -1.07. The molecule has 2 atom stereocenters. The predicted octanol–water partition coefficient (Wildman–Crippen LogP) is 3.05. The normalized spacial score (nSPS) is 13.1. The molecule has 7 nitrogen and oxygen atoms in total. The molecule has 2 rings (SSSR count). The lowest BCUT2D eigenvalue weighted by atomic mass is 9.99. The molecule has 0 saturated carbocycles. The Morgan fingerprint density at radius 1 is 1.29 bits per heavy atom. The molecule has 7 heteroatoms. The second kappa shape index (κ2) is 9.39. The van der Waals surface area contributed by atoms with Gasteiger partial charge in [-0.25, -0.2) is 9.59 Å². The number of aryl methyl sites for hydroxylation is 2. The molecule has 1 aromatic heterocycles. The number of amides is 1. The van der Waals surface area contributed by atoms with Gasteiger partial charge in [-0.3, -0.25) is 4.79 Å². The molecule has 28 heavy (non-hydrogen) atoms. The number of rotatable bonds is 9. The highest BCUT2D eigenvalue weighted by Crippen LogP contribution is 2.29. The number of carboxylic acid groups (broad SMARTS) is 1. The van der Waals surface area contributed by atoms with E-state index in [1.54, 1.807) is 19.9 Å². The molecule has 2 aromatic rings. The van der Waals surface area contributed by atoms with Gasteiger partial charge < -0.3 is 19.6 Å². The summed E-state index contributed by atoms with van der Waals surface area (Å²) in [6.45, 7) is 7.09. The largest absolute Gasteiger partial charge is 0.483 e. The topological polar surface area (TPSA) is 106 Å². The van der Waals surface area contributed by atoms with Crippen LogP contribution in [-0.2, 0) is 16.0 Å². The van der Waals surface area contributed by atoms with Crippen molar-refractivity contribution in [1.29, 1.82) is 0 Å². The minimum Gasteiger partial charge on any atom is -0.483 e. The van der Waals surface area contributed by atoms with Crippen molar-refractivity contribution in [1.82, 2.24) is 5.32 Å². The van der Waals surface area contributed by atoms with Crippen molar-refractivity contribution >= 4 is 22.8 Å². The van der Waals surface area contributed by atoms with Crippen molar-refractivity contribution in [2.24, 2.45) is 5.92 Å². The third-order valence-corrected chi connectivity index (χ3v) is 4.87. The smallest absolute Gasteiger partial charge is 0.336 e. The van der Waals surface area contributed by atoms with Crippen LogP contribution in [0.1, 0.15) is 44.7 Å². The number of aliphatic carboxylic acids is 1. The Kier molecular flexibility index (Phi) is 7.20. The number of nitrogens with one attached hydrogen (secondary N) is 1. The first-order chi connectivity index (χ1) is 13.3. The van der Waals surface area contributed by atoms with Crippen LogP contribution in [0.3, 0.4) is 0 Å². The predicted molar refractivity (Wildman–Crippen MR) is 106 cm³/mol. The molecule has 0 fully saturated rings. The number of hydrogen-bond donors (Lipinski definition) is 2. The molecule has 0 saturated heterocycles. The van der Waals surface area contributed by atoms with Crippen LogP contribution in [0.15, 0.2) is 27.4 Å². The zero-order valence-corrected chi connectivity index (χ0v) is 16.7. The summed E-state index contributed by atoms with van der Waals surface area (Å²) in [5.74, 6) is -1.38. The Hall–Kier alpha value is -2.83. The highest BCUT2D eigenvalue weighted by molar-refractivity contribution is 5.86. The SMILES string of the molecule is CCCc1cc(=O)oc2c(C)c(OCC(=O)N[C@H](C(=O)O)[C@H](C)CC)ccc12. The Labute approximate surface area is 163 Å². The fraction of sp³-hybridized carbons (Fsp3) is 0.476. The summed E-state index contributed by atoms with van der Waals surface area (Å²) in [7, 11) is 0. The van der Waals surface area contributed by atoms with Crippen LogP contribution < -0.4 is 15.7 Å². The van der Waals surface area contributed by atoms with Gasteiger partial charge in [-0.05, 0) is 37.0 Å². The molecule has 0 bridgehead atoms. The molecule has 0 aliphatic heterocycles. The molecular weight excluding hydrogens is 362 g/mol. The van der Waals surface area contributed by atoms with Crippen molar-refractivity contribution in [3.63, 3.8) is 0 Å². The van der Waals surface area contributed by atoms with Crippen molar-refractivity contribution in [2.45, 2.75) is 53.0 Å². The van der Waals surface area contributed by atoms with E-state index in [0.717, 1.165) is 23.8 Å². The minimum absolute atomic E-state index is 0.199. The Balaban J connectivity index is 2.18. The lowest BCUT2D eigenvalue weighted by molar-refractivity contribution is -0.143. The maximum atomic E-state index is 12.1. The van der Waals surface area contributed by atoms with Gasteiger partial charge in [-0.1, -0.05) is 33.6 Å². The van der Waals surface area contributed by atoms with Gasteiger partial charge in [0, 0.05) is 17.0 Å². The van der Waals surface area contributed by atoms with Gasteiger partial charge in [0.25, 0.3) is 5.91 Å². The fourth-order valence-corrected chi connectivity index (χ4v) is 3.08. The van der Waals surface area contributed by atoms with Crippen LogP contribution in [-0.4, -0.2) is 29.6 Å². The summed E-state index contributed by atoms with van der Waals surface area (Å²) < 4.78 is 10.9. The van der Waals surface area contributed by atoms with Gasteiger partial charge in [-0.2, -0.15) is 0 Å². The summed E-state index contributed by atoms with van der Waals surface area (Å²) in [5, 5.41) is 12.6. The number of fused-ring (bicyclic) bond motifs is 1. The van der Waals surface area contributed by atoms with Crippen LogP contribution in [0.5, 0.6) is 5.75 Å². The van der Waals surface area contributed by atoms with Crippen LogP contribution >= 0.6 is 0 Å². The summed E-state index contributed by atoms with van der Waals surface area (Å²) in [6.07, 6.45) is 2.29. The molecule has 1 amide bonds. The number of carbonyl (C=O) groups is 2. The van der Waals surface area contributed by atoms with Gasteiger partial charge in [0.2, 0.25) is 0 Å². The van der Waals surface area contributed by atoms with Crippen LogP contribution in [0.2, 0.25) is 0 Å². The zero-order valence-electron chi connectivity index (χ0n) is 16.7. The van der Waals surface area contributed by atoms with Gasteiger partial charge in [0.05, 0.1) is 0 Å². The Morgan fingerprint density at radius 3 is 2.61 bits per heavy atom. The van der Waals surface area contributed by atoms with Gasteiger partial charge in [-0.15, -0.1) is 0 Å². The standard InChI is InChI=1S/C21H27NO6/c1-5-7-14-10-18(24)28-20-13(4)16(9-8-15(14)20)27-11-17(23)22-19(21(25)26)12(3)6-2/h8-10,12,19H,5-7,11H2,1-4H3,(H,22,23)(H,25,26)/t12-,19+/m1/s1. The maximum Gasteiger partial charge on any atom is 0.336 e. The van der Waals surface area contributed by atoms with Gasteiger partial charge >= 0.3 is 11.6 Å². The molecule has 1 heterocycles. The van der Waals surface area contributed by atoms with Crippen molar-refractivity contribution in [3.05, 3.63) is 39.7 Å². The highest BCUT2D eigenvalue weighted by Gasteiger charge is 2.25. The second-order valence-corrected chi connectivity index (χ2v) is 6.96. The van der Waals surface area contributed by atoms with Crippen molar-refractivity contribution in [3.8, 4) is 5.75 Å². The van der Waals surface area contributed by atoms with Crippen LogP contribution in [0.4, 0.5) is 0 Å². The van der Waals surface area contributed by atoms with Gasteiger partial charge in [0.1, 0.15) is 17.4 Å². The summed E-state index contributed by atoms with van der Waals surface area (Å²) in [4.78, 5) is 35.3. The number of benzene rings is 1. The Bertz CT molecular complexity index is 917. The lowest BCUT2D eigenvalue weighted by Gasteiger charge is -2.20. The van der Waals surface area contributed by atoms with E-state index in [1.165, 1.54) is 6.07 Å². The first-order valence-electron chi connectivity index (χ1n) is 9.49. The van der Waals surface area contributed by atoms with E-state index >= 15 is 0 Å². The number of hydrogen-bond acceptors (Lipinski definition) is 5. The summed E-state index contributed by atoms with van der Waals surface area (Å²) >= 11 is 0. The van der Waals surface area contributed by atoms with E-state index in [2.05, 4.69) is 5.32 Å². The number of carbonyl (C=O) groups excluding carboxylic acids is 1. The molecular formula is C21H27NO6. The second-order valence-electron chi connectivity index (χ2n) is 6.96. The van der Waals surface area contributed by atoms with E-state index in [-0.39, 0.29) is 12.5 Å². The molecule has 2 N–H and O–H groups in total. The molecule has 0 radical (unpaired) electrons. The quantitative estimate of drug-likeness (QED) is 0.639. The molecule has 0 aliphatic rings. The average Bonchev–Trinajstić information content (AvgIpc) is 2.65. The van der Waals surface area contributed by atoms with E-state index in [1.807, 2.05) is 19.9 Å². The summed E-state index contributed by atoms with van der Waals surface area (Å²) in [6, 6.07) is 4.07. The molecule has 1 aromatic carbocycles. The highest BCUT2D eigenvalue weighted by atomic mass is 16.5. The maximum absolute atomic E-state index is 12.1. The monoisotopic (exact) mass is 389 g/mol. The summed E-state index contributed by atoms with van der Waals surface area (Å²) in [5.41, 5.74) is 1.56. The molecule has 0 unspecified atom stereocenters. The first kappa shape index (κ1) is 21.5. The Morgan fingerprint density at radius 2 is 2.00 bits per heavy atom. The van der Waals surface area contributed by atoms with Gasteiger partial charge in [0.15, 0.2) is 6.61 Å². The van der Waals surface area contributed by atoms with E-state index < -0.39 is 23.5 Å². The zero-order chi connectivity index (χ0) is 20.8. The van der Waals surface area contributed by atoms with Crippen LogP contribution in [0.25, 0.3) is 11.0 Å². The third kappa shape index (κ3) is 4.91. The fourth-order valence-electron chi connectivity index (χ4n) is 3.08. The first-order valence-corrected chi connectivity index (χ1v) is 9.49. The third-order valence-electron chi connectivity index (χ3n) is 4.87. The van der Waals surface area contributed by atoms with E-state index in [0.29, 0.717) is 23.3 Å². The molecule has 152 valence electrons. The molecule has 0 aliphatic carbocycles. The van der Waals surface area contributed by atoms with E-state index in [4.69, 9.17) is 9.15 Å².